The zero-order valence-corrected chi connectivity index (χ0v) is 17.0. The van der Waals surface area contributed by atoms with Gasteiger partial charge in [0.25, 0.3) is 6.47 Å². The van der Waals surface area contributed by atoms with Crippen LogP contribution in [0.5, 0.6) is 0 Å². The second-order valence-electron chi connectivity index (χ2n) is 8.92. The van der Waals surface area contributed by atoms with Crippen LogP contribution in [0.25, 0.3) is 0 Å². The first-order chi connectivity index (χ1) is 9.77. The van der Waals surface area contributed by atoms with Crippen molar-refractivity contribution in [3.8, 4) is 0 Å². The highest BCUT2D eigenvalue weighted by atomic mass is 31.1. The molecule has 0 fully saturated rings. The highest BCUT2D eigenvalue weighted by molar-refractivity contribution is 7.59. The number of aliphatic hydroxyl groups excluding tert-OH is 1. The Bertz CT molecular complexity index is 345. The van der Waals surface area contributed by atoms with Crippen molar-refractivity contribution in [2.75, 3.05) is 6.66 Å². The zero-order valence-electron chi connectivity index (χ0n) is 16.1. The molecule has 0 heterocycles. The molecule has 0 aromatic heterocycles. The van der Waals surface area contributed by atoms with Crippen LogP contribution in [0.4, 0.5) is 0 Å². The summed E-state index contributed by atoms with van der Waals surface area (Å²) in [6.45, 7) is 20.0. The lowest BCUT2D eigenvalue weighted by Crippen LogP contribution is -2.37. The third-order valence-corrected chi connectivity index (χ3v) is 8.13. The second kappa shape index (κ2) is 8.11. The van der Waals surface area contributed by atoms with Crippen molar-refractivity contribution >= 4 is 14.4 Å². The average molecular weight is 332 g/mol. The minimum atomic E-state index is -0.586. The summed E-state index contributed by atoms with van der Waals surface area (Å²) in [4.78, 5) is 10.8. The normalized spacial score (nSPS) is 17.7. The monoisotopic (exact) mass is 332 g/mol. The van der Waals surface area contributed by atoms with Gasteiger partial charge in [0.15, 0.2) is 0 Å². The SMILES string of the molecule is CCC(C)(C)CC(O)P(C)C(C)(C)CC(OC=O)C(C)(C)C. The quantitative estimate of drug-likeness (QED) is 0.477. The van der Waals surface area contributed by atoms with E-state index < -0.39 is 7.92 Å². The molecule has 0 aromatic rings. The Labute approximate surface area is 139 Å². The maximum Gasteiger partial charge on any atom is 0.293 e. The van der Waals surface area contributed by atoms with E-state index in [1.54, 1.807) is 0 Å². The third kappa shape index (κ3) is 6.96. The third-order valence-electron chi connectivity index (χ3n) is 4.96. The number of carbonyl (C=O) groups excluding carboxylic acids is 1. The molecule has 0 aliphatic rings. The molecule has 132 valence electrons. The Kier molecular flexibility index (Phi) is 8.05. The van der Waals surface area contributed by atoms with Crippen molar-refractivity contribution in [3.05, 3.63) is 0 Å². The molecule has 3 unspecified atom stereocenters. The second-order valence-corrected chi connectivity index (χ2v) is 11.9. The topological polar surface area (TPSA) is 46.5 Å². The summed E-state index contributed by atoms with van der Waals surface area (Å²) >= 11 is 0. The molecule has 0 aliphatic heterocycles. The fourth-order valence-corrected chi connectivity index (χ4v) is 4.43. The van der Waals surface area contributed by atoms with Gasteiger partial charge in [-0.05, 0) is 35.5 Å². The first kappa shape index (κ1) is 21.9. The number of hydrogen-bond donors (Lipinski definition) is 1. The van der Waals surface area contributed by atoms with E-state index in [0.717, 1.165) is 19.3 Å². The number of hydrogen-bond acceptors (Lipinski definition) is 3. The standard InChI is InChI=1S/C18H37O3P/c1-10-17(5,6)12-15(20)22(9)18(7,8)11-14(21-13-19)16(2,3)4/h13-15,20H,10-12H2,1-9H3. The van der Waals surface area contributed by atoms with Gasteiger partial charge in [0, 0.05) is 0 Å². The van der Waals surface area contributed by atoms with Gasteiger partial charge in [-0.3, -0.25) is 4.79 Å². The molecule has 0 saturated carbocycles. The molecule has 0 amide bonds. The lowest BCUT2D eigenvalue weighted by molar-refractivity contribution is -0.139. The molecule has 0 rings (SSSR count). The van der Waals surface area contributed by atoms with Crippen molar-refractivity contribution < 1.29 is 14.6 Å². The fourth-order valence-electron chi connectivity index (χ4n) is 2.40. The fraction of sp³-hybridized carbons (Fsp3) is 0.944. The zero-order chi connectivity index (χ0) is 17.8. The minimum Gasteiger partial charge on any atom is -0.464 e. The Hall–Kier alpha value is -0.140. The van der Waals surface area contributed by atoms with E-state index in [1.165, 1.54) is 0 Å². The summed E-state index contributed by atoms with van der Waals surface area (Å²) in [7, 11) is -0.586. The highest BCUT2D eigenvalue weighted by Crippen LogP contribution is 2.55. The maximum atomic E-state index is 10.8. The smallest absolute Gasteiger partial charge is 0.293 e. The first-order valence-electron chi connectivity index (χ1n) is 8.27. The van der Waals surface area contributed by atoms with Gasteiger partial charge in [-0.15, -0.1) is 0 Å². The van der Waals surface area contributed by atoms with Crippen molar-refractivity contribution in [3.63, 3.8) is 0 Å². The summed E-state index contributed by atoms with van der Waals surface area (Å²) in [5.74, 6) is -0.281. The summed E-state index contributed by atoms with van der Waals surface area (Å²) in [6, 6.07) is 0. The highest BCUT2D eigenvalue weighted by Gasteiger charge is 2.39. The minimum absolute atomic E-state index is 0.0421. The summed E-state index contributed by atoms with van der Waals surface area (Å²) in [5.41, 5.74) is 0.0663. The molecule has 1 N–H and O–H groups in total. The van der Waals surface area contributed by atoms with Gasteiger partial charge in [0.05, 0.1) is 5.85 Å². The van der Waals surface area contributed by atoms with E-state index in [1.807, 2.05) is 0 Å². The van der Waals surface area contributed by atoms with Crippen molar-refractivity contribution in [2.24, 2.45) is 10.8 Å². The summed E-state index contributed by atoms with van der Waals surface area (Å²) in [6.07, 6.45) is 2.54. The van der Waals surface area contributed by atoms with Crippen LogP contribution in [0.2, 0.25) is 0 Å². The largest absolute Gasteiger partial charge is 0.464 e. The van der Waals surface area contributed by atoms with Gasteiger partial charge in [-0.1, -0.05) is 69.7 Å². The van der Waals surface area contributed by atoms with Crippen molar-refractivity contribution in [2.45, 2.75) is 91.8 Å². The van der Waals surface area contributed by atoms with Gasteiger partial charge < -0.3 is 9.84 Å². The van der Waals surface area contributed by atoms with Crippen molar-refractivity contribution in [1.29, 1.82) is 0 Å². The molecule has 22 heavy (non-hydrogen) atoms. The Morgan fingerprint density at radius 2 is 1.59 bits per heavy atom. The molecule has 0 spiro atoms. The number of carbonyl (C=O) groups is 1. The molecule has 3 nitrogen and oxygen atoms in total. The van der Waals surface area contributed by atoms with E-state index in [0.29, 0.717) is 6.47 Å². The van der Waals surface area contributed by atoms with E-state index >= 15 is 0 Å². The van der Waals surface area contributed by atoms with Crippen molar-refractivity contribution in [1.82, 2.24) is 0 Å². The van der Waals surface area contributed by atoms with Crippen LogP contribution in [-0.4, -0.2) is 35.3 Å². The molecule has 0 aromatic carbocycles. The molecule has 0 saturated heterocycles. The Morgan fingerprint density at radius 1 is 1.09 bits per heavy atom. The average Bonchev–Trinajstić information content (AvgIpc) is 2.35. The van der Waals surface area contributed by atoms with Gasteiger partial charge >= 0.3 is 0 Å². The predicted octanol–water partition coefficient (Wildman–Crippen LogP) is 5.00. The van der Waals surface area contributed by atoms with Crippen LogP contribution >= 0.6 is 7.92 Å². The van der Waals surface area contributed by atoms with Crippen LogP contribution in [0.1, 0.15) is 74.7 Å². The van der Waals surface area contributed by atoms with Gasteiger partial charge in [-0.25, -0.2) is 0 Å². The van der Waals surface area contributed by atoms with Gasteiger partial charge in [-0.2, -0.15) is 0 Å². The molecule has 0 aliphatic carbocycles. The lowest BCUT2D eigenvalue weighted by Gasteiger charge is -2.42. The molecular weight excluding hydrogens is 295 g/mol. The van der Waals surface area contributed by atoms with Gasteiger partial charge in [0.1, 0.15) is 6.10 Å². The van der Waals surface area contributed by atoms with E-state index in [9.17, 15) is 9.90 Å². The van der Waals surface area contributed by atoms with Crippen LogP contribution < -0.4 is 0 Å². The molecular formula is C18H37O3P. The predicted molar refractivity (Wildman–Crippen MR) is 96.6 cm³/mol. The van der Waals surface area contributed by atoms with E-state index in [-0.39, 0.29) is 27.9 Å². The maximum absolute atomic E-state index is 10.8. The Morgan fingerprint density at radius 3 is 1.95 bits per heavy atom. The number of ether oxygens (including phenoxy) is 1. The van der Waals surface area contributed by atoms with E-state index in [4.69, 9.17) is 4.74 Å². The van der Waals surface area contributed by atoms with Crippen LogP contribution in [0.15, 0.2) is 0 Å². The van der Waals surface area contributed by atoms with Crippen LogP contribution in [-0.2, 0) is 9.53 Å². The molecule has 4 heteroatoms. The summed E-state index contributed by atoms with van der Waals surface area (Å²) < 4.78 is 5.34. The van der Waals surface area contributed by atoms with E-state index in [2.05, 4.69) is 62.1 Å². The van der Waals surface area contributed by atoms with Crippen LogP contribution in [0.3, 0.4) is 0 Å². The molecule has 3 atom stereocenters. The number of aliphatic hydroxyl groups is 1. The lowest BCUT2D eigenvalue weighted by atomic mass is 9.84. The molecule has 0 radical (unpaired) electrons. The van der Waals surface area contributed by atoms with Crippen LogP contribution in [0, 0.1) is 10.8 Å². The first-order valence-corrected chi connectivity index (χ1v) is 10.1. The number of rotatable bonds is 9. The van der Waals surface area contributed by atoms with Gasteiger partial charge in [0.2, 0.25) is 0 Å². The summed E-state index contributed by atoms with van der Waals surface area (Å²) in [5, 5.41) is 10.6. The Balaban J connectivity index is 5.00. The molecule has 0 bridgehead atoms.